The average Bonchev–Trinajstić information content (AvgIpc) is 2.14. The van der Waals surface area contributed by atoms with Gasteiger partial charge >= 0.3 is 0 Å². The highest BCUT2D eigenvalue weighted by Crippen LogP contribution is 2.22. The van der Waals surface area contributed by atoms with Crippen molar-refractivity contribution in [2.75, 3.05) is 0 Å². The molecular weight excluding hydrogens is 172 g/mol. The SMILES string of the molecule is CC(C)(C)CCc1ccccc1[C]=O. The van der Waals surface area contributed by atoms with Crippen LogP contribution in [0.2, 0.25) is 0 Å². The van der Waals surface area contributed by atoms with Crippen molar-refractivity contribution in [3.63, 3.8) is 0 Å². The van der Waals surface area contributed by atoms with Crippen molar-refractivity contribution < 1.29 is 4.79 Å². The molecule has 0 aromatic heterocycles. The first-order chi connectivity index (χ1) is 6.53. The Morgan fingerprint density at radius 2 is 1.86 bits per heavy atom. The van der Waals surface area contributed by atoms with Gasteiger partial charge in [0.25, 0.3) is 0 Å². The normalized spacial score (nSPS) is 11.4. The van der Waals surface area contributed by atoms with Crippen LogP contribution in [0.15, 0.2) is 24.3 Å². The van der Waals surface area contributed by atoms with Crippen molar-refractivity contribution in [3.05, 3.63) is 35.4 Å². The molecule has 0 bridgehead atoms. The lowest BCUT2D eigenvalue weighted by Crippen LogP contribution is -2.07. The minimum Gasteiger partial charge on any atom is -0.285 e. The Balaban J connectivity index is 2.71. The largest absolute Gasteiger partial charge is 0.285 e. The highest BCUT2D eigenvalue weighted by molar-refractivity contribution is 5.77. The van der Waals surface area contributed by atoms with E-state index >= 15 is 0 Å². The van der Waals surface area contributed by atoms with Crippen LogP contribution in [0.3, 0.4) is 0 Å². The first kappa shape index (κ1) is 11.0. The molecule has 1 nitrogen and oxygen atoms in total. The summed E-state index contributed by atoms with van der Waals surface area (Å²) in [7, 11) is 0. The van der Waals surface area contributed by atoms with Gasteiger partial charge in [-0.05, 0) is 23.8 Å². The van der Waals surface area contributed by atoms with Gasteiger partial charge < -0.3 is 0 Å². The minimum atomic E-state index is 0.315. The van der Waals surface area contributed by atoms with Crippen molar-refractivity contribution >= 4 is 6.29 Å². The monoisotopic (exact) mass is 189 g/mol. The molecule has 1 heteroatoms. The second kappa shape index (κ2) is 4.41. The summed E-state index contributed by atoms with van der Waals surface area (Å²) in [5.41, 5.74) is 2.13. The molecule has 1 aromatic rings. The van der Waals surface area contributed by atoms with Crippen molar-refractivity contribution in [2.45, 2.75) is 33.6 Å². The Kier molecular flexibility index (Phi) is 3.45. The predicted octanol–water partition coefficient (Wildman–Crippen LogP) is 3.12. The van der Waals surface area contributed by atoms with Crippen LogP contribution in [0.1, 0.15) is 38.3 Å². The molecule has 0 aliphatic rings. The second-order valence-electron chi connectivity index (χ2n) is 4.82. The summed E-state index contributed by atoms with van der Waals surface area (Å²) in [6, 6.07) is 7.68. The lowest BCUT2D eigenvalue weighted by Gasteiger charge is -2.18. The number of rotatable bonds is 3. The van der Waals surface area contributed by atoms with E-state index in [0.29, 0.717) is 11.0 Å². The van der Waals surface area contributed by atoms with Crippen LogP contribution < -0.4 is 0 Å². The lowest BCUT2D eigenvalue weighted by atomic mass is 9.88. The van der Waals surface area contributed by atoms with Crippen molar-refractivity contribution in [3.8, 4) is 0 Å². The Labute approximate surface area is 86.1 Å². The molecule has 0 aliphatic carbocycles. The Hall–Kier alpha value is -1.11. The zero-order chi connectivity index (χ0) is 10.6. The van der Waals surface area contributed by atoms with E-state index in [-0.39, 0.29) is 0 Å². The lowest BCUT2D eigenvalue weighted by molar-refractivity contribution is 0.378. The summed E-state index contributed by atoms with van der Waals surface area (Å²) in [5, 5.41) is 0. The molecule has 1 aromatic carbocycles. The zero-order valence-corrected chi connectivity index (χ0v) is 9.13. The van der Waals surface area contributed by atoms with Crippen molar-refractivity contribution in [2.24, 2.45) is 5.41 Å². The number of aryl methyl sites for hydroxylation is 1. The van der Waals surface area contributed by atoms with Gasteiger partial charge in [0.15, 0.2) is 0 Å². The van der Waals surface area contributed by atoms with E-state index in [2.05, 4.69) is 20.8 Å². The topological polar surface area (TPSA) is 17.1 Å². The number of carbonyl (C=O) groups excluding carboxylic acids is 1. The van der Waals surface area contributed by atoms with Gasteiger partial charge in [-0.15, -0.1) is 0 Å². The van der Waals surface area contributed by atoms with E-state index < -0.39 is 0 Å². The predicted molar refractivity (Wildman–Crippen MR) is 59.0 cm³/mol. The zero-order valence-electron chi connectivity index (χ0n) is 9.13. The molecular formula is C13H17O. The summed E-state index contributed by atoms with van der Waals surface area (Å²) >= 11 is 0. The van der Waals surface area contributed by atoms with Crippen LogP contribution in [0, 0.1) is 5.41 Å². The van der Waals surface area contributed by atoms with Gasteiger partial charge in [-0.3, -0.25) is 4.79 Å². The number of hydrogen-bond acceptors (Lipinski definition) is 1. The molecule has 0 atom stereocenters. The van der Waals surface area contributed by atoms with Crippen LogP contribution in [0.25, 0.3) is 0 Å². The second-order valence-corrected chi connectivity index (χ2v) is 4.82. The third-order valence-electron chi connectivity index (χ3n) is 2.27. The smallest absolute Gasteiger partial charge is 0.233 e. The molecule has 0 aliphatic heterocycles. The molecule has 0 heterocycles. The molecule has 0 saturated carbocycles. The quantitative estimate of drug-likeness (QED) is 0.714. The third kappa shape index (κ3) is 3.33. The maximum absolute atomic E-state index is 10.6. The van der Waals surface area contributed by atoms with Gasteiger partial charge in [-0.2, -0.15) is 0 Å². The van der Waals surface area contributed by atoms with Crippen LogP contribution in [0.4, 0.5) is 0 Å². The van der Waals surface area contributed by atoms with Crippen LogP contribution in [-0.4, -0.2) is 6.29 Å². The Bertz CT molecular complexity index is 307. The molecule has 0 fully saturated rings. The maximum Gasteiger partial charge on any atom is 0.233 e. The number of hydrogen-bond donors (Lipinski definition) is 0. The van der Waals surface area contributed by atoms with Crippen molar-refractivity contribution in [1.29, 1.82) is 0 Å². The van der Waals surface area contributed by atoms with Crippen molar-refractivity contribution in [1.82, 2.24) is 0 Å². The standard InChI is InChI=1S/C13H17O/c1-13(2,3)9-8-11-6-4-5-7-12(11)10-14/h4-7H,8-9H2,1-3H3. The average molecular weight is 189 g/mol. The highest BCUT2D eigenvalue weighted by Gasteiger charge is 2.11. The molecule has 1 radical (unpaired) electrons. The van der Waals surface area contributed by atoms with Gasteiger partial charge in [0.05, 0.1) is 0 Å². The van der Waals surface area contributed by atoms with Crippen LogP contribution in [-0.2, 0) is 11.2 Å². The fourth-order valence-corrected chi connectivity index (χ4v) is 1.35. The molecule has 0 N–H and O–H groups in total. The van der Waals surface area contributed by atoms with E-state index in [4.69, 9.17) is 0 Å². The van der Waals surface area contributed by atoms with Crippen LogP contribution >= 0.6 is 0 Å². The third-order valence-corrected chi connectivity index (χ3v) is 2.27. The van der Waals surface area contributed by atoms with E-state index in [1.807, 2.05) is 30.6 Å². The van der Waals surface area contributed by atoms with Gasteiger partial charge in [-0.25, -0.2) is 0 Å². The molecule has 0 spiro atoms. The van der Waals surface area contributed by atoms with E-state index in [9.17, 15) is 4.79 Å². The van der Waals surface area contributed by atoms with Gasteiger partial charge in [0.2, 0.25) is 6.29 Å². The maximum atomic E-state index is 10.6. The van der Waals surface area contributed by atoms with E-state index in [1.54, 1.807) is 0 Å². The molecule has 0 saturated heterocycles. The molecule has 75 valence electrons. The van der Waals surface area contributed by atoms with Gasteiger partial charge in [-0.1, -0.05) is 45.0 Å². The Morgan fingerprint density at radius 3 is 2.43 bits per heavy atom. The fraction of sp³-hybridized carbons (Fsp3) is 0.462. The number of benzene rings is 1. The first-order valence-corrected chi connectivity index (χ1v) is 4.99. The van der Waals surface area contributed by atoms with Gasteiger partial charge in [0, 0.05) is 5.56 Å². The highest BCUT2D eigenvalue weighted by atomic mass is 16.1. The summed E-state index contributed by atoms with van der Waals surface area (Å²) in [6.07, 6.45) is 4.02. The van der Waals surface area contributed by atoms with Gasteiger partial charge in [0.1, 0.15) is 0 Å². The minimum absolute atomic E-state index is 0.315. The summed E-state index contributed by atoms with van der Waals surface area (Å²) in [4.78, 5) is 10.6. The molecule has 0 amide bonds. The summed E-state index contributed by atoms with van der Waals surface area (Å²) in [6.45, 7) is 6.63. The first-order valence-electron chi connectivity index (χ1n) is 4.99. The summed E-state index contributed by atoms with van der Waals surface area (Å²) in [5.74, 6) is 0. The summed E-state index contributed by atoms with van der Waals surface area (Å²) < 4.78 is 0. The Morgan fingerprint density at radius 1 is 1.21 bits per heavy atom. The van der Waals surface area contributed by atoms with E-state index in [1.165, 1.54) is 0 Å². The van der Waals surface area contributed by atoms with Crippen LogP contribution in [0.5, 0.6) is 0 Å². The fourth-order valence-electron chi connectivity index (χ4n) is 1.35. The van der Waals surface area contributed by atoms with E-state index in [0.717, 1.165) is 18.4 Å². The molecule has 1 rings (SSSR count). The molecule has 14 heavy (non-hydrogen) atoms. The molecule has 0 unspecified atom stereocenters.